The first-order chi connectivity index (χ1) is 6.27. The topological polar surface area (TPSA) is 52.6 Å². The van der Waals surface area contributed by atoms with E-state index in [-0.39, 0.29) is 5.91 Å². The number of nitrogens with one attached hydrogen (secondary N) is 1. The quantitative estimate of drug-likeness (QED) is 0.631. The van der Waals surface area contributed by atoms with Gasteiger partial charge in [0.05, 0.1) is 12.2 Å². The zero-order valence-corrected chi connectivity index (χ0v) is 6.97. The first-order valence-electron chi connectivity index (χ1n) is 4.08. The maximum atomic E-state index is 11.0. The average Bonchev–Trinajstić information content (AvgIpc) is 2.49. The van der Waals surface area contributed by atoms with Crippen molar-refractivity contribution in [3.05, 3.63) is 30.3 Å². The van der Waals surface area contributed by atoms with E-state index < -0.39 is 6.10 Å². The fourth-order valence-electron chi connectivity index (χ4n) is 1.29. The Morgan fingerprint density at radius 2 is 2.08 bits per heavy atom. The molecule has 1 amide bonds. The number of carbonyl (C=O) groups excluding carboxylic acids is 1. The summed E-state index contributed by atoms with van der Waals surface area (Å²) in [5, 5.41) is 10.8. The van der Waals surface area contributed by atoms with Gasteiger partial charge in [-0.15, -0.1) is 0 Å². The summed E-state index contributed by atoms with van der Waals surface area (Å²) < 4.78 is 0. The van der Waals surface area contributed by atoms with Crippen LogP contribution < -0.4 is 10.4 Å². The molecule has 1 heterocycles. The molecule has 4 nitrogen and oxygen atoms in total. The molecule has 1 aromatic rings. The van der Waals surface area contributed by atoms with Gasteiger partial charge in [-0.2, -0.15) is 0 Å². The average molecular weight is 178 g/mol. The molecule has 1 aliphatic heterocycles. The van der Waals surface area contributed by atoms with Gasteiger partial charge >= 0.3 is 0 Å². The Morgan fingerprint density at radius 1 is 1.38 bits per heavy atom. The van der Waals surface area contributed by atoms with Crippen LogP contribution in [-0.4, -0.2) is 23.7 Å². The molecule has 1 aliphatic rings. The van der Waals surface area contributed by atoms with E-state index in [9.17, 15) is 9.90 Å². The van der Waals surface area contributed by atoms with Gasteiger partial charge < -0.3 is 5.11 Å². The van der Waals surface area contributed by atoms with E-state index in [0.29, 0.717) is 6.54 Å². The molecule has 1 atom stereocenters. The van der Waals surface area contributed by atoms with Gasteiger partial charge in [0.25, 0.3) is 5.91 Å². The molecule has 1 unspecified atom stereocenters. The van der Waals surface area contributed by atoms with Crippen LogP contribution in [0.1, 0.15) is 0 Å². The lowest BCUT2D eigenvalue weighted by Crippen LogP contribution is -2.32. The number of hydrogen-bond acceptors (Lipinski definition) is 3. The van der Waals surface area contributed by atoms with Crippen LogP contribution >= 0.6 is 0 Å². The van der Waals surface area contributed by atoms with Crippen molar-refractivity contribution in [3.8, 4) is 0 Å². The van der Waals surface area contributed by atoms with E-state index >= 15 is 0 Å². The van der Waals surface area contributed by atoms with Crippen molar-refractivity contribution in [2.45, 2.75) is 6.10 Å². The Bertz CT molecular complexity index is 313. The Balaban J connectivity index is 2.17. The molecule has 4 heteroatoms. The number of carbonyl (C=O) groups is 1. The highest BCUT2D eigenvalue weighted by atomic mass is 16.3. The van der Waals surface area contributed by atoms with Gasteiger partial charge in [0.15, 0.2) is 6.10 Å². The highest BCUT2D eigenvalue weighted by Gasteiger charge is 2.28. The van der Waals surface area contributed by atoms with Gasteiger partial charge in [0, 0.05) is 0 Å². The van der Waals surface area contributed by atoms with Crippen molar-refractivity contribution in [1.29, 1.82) is 0 Å². The lowest BCUT2D eigenvalue weighted by molar-refractivity contribution is -0.125. The lowest BCUT2D eigenvalue weighted by Gasteiger charge is -2.16. The number of anilines is 1. The summed E-state index contributed by atoms with van der Waals surface area (Å²) in [6, 6.07) is 9.41. The monoisotopic (exact) mass is 178 g/mol. The van der Waals surface area contributed by atoms with Gasteiger partial charge in [-0.25, -0.2) is 0 Å². The summed E-state index contributed by atoms with van der Waals surface area (Å²) in [7, 11) is 0. The van der Waals surface area contributed by atoms with Gasteiger partial charge in [0.1, 0.15) is 0 Å². The number of hydrogen-bond donors (Lipinski definition) is 2. The third-order valence-corrected chi connectivity index (χ3v) is 1.97. The second kappa shape index (κ2) is 3.06. The molecule has 1 fully saturated rings. The fraction of sp³-hybridized carbons (Fsp3) is 0.222. The van der Waals surface area contributed by atoms with Gasteiger partial charge in [-0.3, -0.25) is 15.2 Å². The van der Waals surface area contributed by atoms with E-state index in [1.165, 1.54) is 0 Å². The number of para-hydroxylation sites is 1. The molecular weight excluding hydrogens is 168 g/mol. The number of rotatable bonds is 1. The van der Waals surface area contributed by atoms with Crippen LogP contribution in [0.4, 0.5) is 5.69 Å². The molecule has 2 N–H and O–H groups in total. The molecule has 68 valence electrons. The Hall–Kier alpha value is -1.55. The summed E-state index contributed by atoms with van der Waals surface area (Å²) in [6.45, 7) is 0.308. The molecule has 1 aromatic carbocycles. The van der Waals surface area contributed by atoms with Crippen molar-refractivity contribution < 1.29 is 9.90 Å². The molecule has 0 saturated carbocycles. The zero-order chi connectivity index (χ0) is 9.26. The van der Waals surface area contributed by atoms with Crippen molar-refractivity contribution in [1.82, 2.24) is 5.43 Å². The van der Waals surface area contributed by atoms with E-state index in [1.807, 2.05) is 30.3 Å². The maximum absolute atomic E-state index is 11.0. The van der Waals surface area contributed by atoms with Crippen molar-refractivity contribution >= 4 is 11.6 Å². The highest BCUT2D eigenvalue weighted by molar-refractivity contribution is 5.85. The Morgan fingerprint density at radius 3 is 2.62 bits per heavy atom. The molecule has 0 spiro atoms. The summed E-state index contributed by atoms with van der Waals surface area (Å²) in [4.78, 5) is 11.0. The molecule has 1 saturated heterocycles. The SMILES string of the molecule is O=C1NN(c2ccccc2)CC1O. The van der Waals surface area contributed by atoms with Crippen LogP contribution in [0.25, 0.3) is 0 Å². The van der Waals surface area contributed by atoms with Crippen LogP contribution in [0.3, 0.4) is 0 Å². The Labute approximate surface area is 75.8 Å². The summed E-state index contributed by atoms with van der Waals surface area (Å²) >= 11 is 0. The largest absolute Gasteiger partial charge is 0.381 e. The number of amides is 1. The number of aliphatic hydroxyl groups excluding tert-OH is 1. The van der Waals surface area contributed by atoms with Crippen molar-refractivity contribution in [3.63, 3.8) is 0 Å². The van der Waals surface area contributed by atoms with E-state index in [0.717, 1.165) is 5.69 Å². The van der Waals surface area contributed by atoms with Crippen LogP contribution in [-0.2, 0) is 4.79 Å². The second-order valence-electron chi connectivity index (χ2n) is 2.94. The normalized spacial score (nSPS) is 21.8. The molecule has 13 heavy (non-hydrogen) atoms. The first kappa shape index (κ1) is 8.07. The molecule has 0 radical (unpaired) electrons. The molecule has 0 aliphatic carbocycles. The maximum Gasteiger partial charge on any atom is 0.269 e. The van der Waals surface area contributed by atoms with E-state index in [2.05, 4.69) is 5.43 Å². The van der Waals surface area contributed by atoms with Crippen LogP contribution in [0.2, 0.25) is 0 Å². The number of benzene rings is 1. The van der Waals surface area contributed by atoms with E-state index in [1.54, 1.807) is 5.01 Å². The van der Waals surface area contributed by atoms with Crippen molar-refractivity contribution in [2.24, 2.45) is 0 Å². The minimum absolute atomic E-state index is 0.308. The molecule has 0 bridgehead atoms. The third-order valence-electron chi connectivity index (χ3n) is 1.97. The van der Waals surface area contributed by atoms with Crippen LogP contribution in [0, 0.1) is 0 Å². The van der Waals surface area contributed by atoms with Gasteiger partial charge in [-0.05, 0) is 12.1 Å². The first-order valence-corrected chi connectivity index (χ1v) is 4.08. The molecular formula is C9H10N2O2. The third kappa shape index (κ3) is 1.48. The summed E-state index contributed by atoms with van der Waals surface area (Å²) in [5.74, 6) is -0.344. The van der Waals surface area contributed by atoms with Crippen molar-refractivity contribution in [2.75, 3.05) is 11.6 Å². The van der Waals surface area contributed by atoms with Crippen LogP contribution in [0.15, 0.2) is 30.3 Å². The predicted molar refractivity (Wildman–Crippen MR) is 47.9 cm³/mol. The minimum Gasteiger partial charge on any atom is -0.381 e. The van der Waals surface area contributed by atoms with Gasteiger partial charge in [0.2, 0.25) is 0 Å². The number of nitrogens with zero attached hydrogens (tertiary/aromatic N) is 1. The van der Waals surface area contributed by atoms with Crippen LogP contribution in [0.5, 0.6) is 0 Å². The van der Waals surface area contributed by atoms with Gasteiger partial charge in [-0.1, -0.05) is 18.2 Å². The summed E-state index contributed by atoms with van der Waals surface area (Å²) in [5.41, 5.74) is 3.45. The number of β-amino-alcohol motifs (C(OH)–C–C–N with tert-alkyl or cyclic N) is 1. The summed E-state index contributed by atoms with van der Waals surface area (Å²) in [6.07, 6.45) is -0.916. The second-order valence-corrected chi connectivity index (χ2v) is 2.94. The molecule has 2 rings (SSSR count). The molecule has 0 aromatic heterocycles. The Kier molecular flexibility index (Phi) is 1.90. The lowest BCUT2D eigenvalue weighted by atomic mass is 10.3. The smallest absolute Gasteiger partial charge is 0.269 e. The minimum atomic E-state index is -0.916. The number of hydrazine groups is 1. The fourth-order valence-corrected chi connectivity index (χ4v) is 1.29. The highest BCUT2D eigenvalue weighted by Crippen LogP contribution is 2.14. The van der Waals surface area contributed by atoms with E-state index in [4.69, 9.17) is 0 Å². The standard InChI is InChI=1S/C9H10N2O2/c12-8-6-11(10-9(8)13)7-4-2-1-3-5-7/h1-5,8,12H,6H2,(H,10,13). The number of aliphatic hydroxyl groups is 1. The zero-order valence-electron chi connectivity index (χ0n) is 6.97. The predicted octanol–water partition coefficient (Wildman–Crippen LogP) is -0.101.